The Morgan fingerprint density at radius 2 is 1.69 bits per heavy atom. The van der Waals surface area contributed by atoms with Crippen LogP contribution < -0.4 is 27.4 Å². The van der Waals surface area contributed by atoms with Crippen molar-refractivity contribution in [2.75, 3.05) is 12.3 Å². The van der Waals surface area contributed by atoms with Crippen LogP contribution in [0.2, 0.25) is 0 Å². The van der Waals surface area contributed by atoms with Crippen LogP contribution in [-0.2, 0) is 24.0 Å². The van der Waals surface area contributed by atoms with Crippen LogP contribution >= 0.6 is 12.6 Å². The summed E-state index contributed by atoms with van der Waals surface area (Å²) >= 11 is 3.77. The van der Waals surface area contributed by atoms with Crippen molar-refractivity contribution >= 4 is 42.2 Å². The van der Waals surface area contributed by atoms with E-state index in [-0.39, 0.29) is 5.75 Å². The summed E-state index contributed by atoms with van der Waals surface area (Å²) in [7, 11) is 0. The predicted molar refractivity (Wildman–Crippen MR) is 91.8 cm³/mol. The number of carbonyl (C=O) groups is 5. The zero-order valence-corrected chi connectivity index (χ0v) is 14.9. The average molecular weight is 393 g/mol. The highest BCUT2D eigenvalue weighted by atomic mass is 32.1. The molecule has 0 aromatic heterocycles. The Morgan fingerprint density at radius 3 is 2.12 bits per heavy atom. The third-order valence-corrected chi connectivity index (χ3v) is 3.42. The van der Waals surface area contributed by atoms with Gasteiger partial charge in [0.05, 0.1) is 25.1 Å². The number of hydrogen-bond donors (Lipinski definition) is 8. The molecule has 0 aromatic carbocycles. The van der Waals surface area contributed by atoms with E-state index < -0.39 is 66.8 Å². The second-order valence-corrected chi connectivity index (χ2v) is 5.73. The van der Waals surface area contributed by atoms with Gasteiger partial charge in [-0.15, -0.1) is 0 Å². The third-order valence-electron chi connectivity index (χ3n) is 3.06. The van der Waals surface area contributed by atoms with Crippen molar-refractivity contribution in [1.29, 1.82) is 0 Å². The molecule has 4 amide bonds. The molecule has 148 valence electrons. The lowest BCUT2D eigenvalue weighted by Crippen LogP contribution is -2.57. The number of carboxylic acids is 1. The molecule has 0 spiro atoms. The number of thiol groups is 1. The lowest BCUT2D eigenvalue weighted by Gasteiger charge is -2.22. The van der Waals surface area contributed by atoms with Crippen LogP contribution in [0.3, 0.4) is 0 Å². The molecule has 0 aliphatic carbocycles. The standard InChI is InChI=1S/C13H23N5O7S/c1-5(19)10(18-11(22)6(14)2-8(15)20)12(23)16-3-9(21)17-7(4-26)13(24)25/h5-7,10,19,26H,2-4,14H2,1H3,(H2,15,20)(H,16,23)(H,17,21)(H,18,22)(H,24,25). The van der Waals surface area contributed by atoms with Crippen LogP contribution in [0.5, 0.6) is 0 Å². The van der Waals surface area contributed by atoms with Gasteiger partial charge in [-0.05, 0) is 6.92 Å². The molecule has 0 aliphatic heterocycles. The first kappa shape index (κ1) is 23.6. The van der Waals surface area contributed by atoms with Crippen LogP contribution in [0.4, 0.5) is 0 Å². The number of aliphatic hydroxyl groups is 1. The van der Waals surface area contributed by atoms with Gasteiger partial charge < -0.3 is 37.6 Å². The van der Waals surface area contributed by atoms with E-state index in [0.29, 0.717) is 0 Å². The molecule has 0 radical (unpaired) electrons. The zero-order valence-electron chi connectivity index (χ0n) is 14.0. The smallest absolute Gasteiger partial charge is 0.327 e. The first-order chi connectivity index (χ1) is 12.0. The number of aliphatic hydroxyl groups excluding tert-OH is 1. The molecule has 0 heterocycles. The number of hydrogen-bond acceptors (Lipinski definition) is 8. The molecule has 4 unspecified atom stereocenters. The van der Waals surface area contributed by atoms with Crippen molar-refractivity contribution in [3.05, 3.63) is 0 Å². The monoisotopic (exact) mass is 393 g/mol. The second kappa shape index (κ2) is 11.3. The van der Waals surface area contributed by atoms with Crippen LogP contribution in [-0.4, -0.2) is 76.3 Å². The summed E-state index contributed by atoms with van der Waals surface area (Å²) in [6.45, 7) is 0.619. The van der Waals surface area contributed by atoms with Crippen molar-refractivity contribution in [3.8, 4) is 0 Å². The molecular weight excluding hydrogens is 370 g/mol. The molecule has 13 heteroatoms. The molecule has 0 rings (SSSR count). The largest absolute Gasteiger partial charge is 0.480 e. The highest BCUT2D eigenvalue weighted by molar-refractivity contribution is 7.80. The van der Waals surface area contributed by atoms with Crippen molar-refractivity contribution in [2.45, 2.75) is 37.6 Å². The van der Waals surface area contributed by atoms with Crippen LogP contribution in [0.1, 0.15) is 13.3 Å². The summed E-state index contributed by atoms with van der Waals surface area (Å²) in [5.41, 5.74) is 10.3. The predicted octanol–water partition coefficient (Wildman–Crippen LogP) is -4.33. The molecule has 0 saturated carbocycles. The molecule has 0 bridgehead atoms. The van der Waals surface area contributed by atoms with Gasteiger partial charge in [-0.1, -0.05) is 0 Å². The van der Waals surface area contributed by atoms with Crippen LogP contribution in [0.25, 0.3) is 0 Å². The van der Waals surface area contributed by atoms with Gasteiger partial charge in [0.1, 0.15) is 12.1 Å². The van der Waals surface area contributed by atoms with Crippen molar-refractivity contribution in [1.82, 2.24) is 16.0 Å². The van der Waals surface area contributed by atoms with E-state index in [1.165, 1.54) is 6.92 Å². The molecule has 4 atom stereocenters. The summed E-state index contributed by atoms with van der Waals surface area (Å²) in [6.07, 6.45) is -1.80. The maximum Gasteiger partial charge on any atom is 0.327 e. The van der Waals surface area contributed by atoms with Gasteiger partial charge in [0, 0.05) is 5.75 Å². The minimum absolute atomic E-state index is 0.154. The topological polar surface area (TPSA) is 214 Å². The maximum absolute atomic E-state index is 12.0. The molecule has 9 N–H and O–H groups in total. The van der Waals surface area contributed by atoms with E-state index in [2.05, 4.69) is 28.6 Å². The molecule has 0 saturated heterocycles. The Hall–Kier alpha value is -2.38. The molecular formula is C13H23N5O7S. The maximum atomic E-state index is 12.0. The second-order valence-electron chi connectivity index (χ2n) is 5.36. The fraction of sp³-hybridized carbons (Fsp3) is 0.615. The Bertz CT molecular complexity index is 557. The number of nitrogens with two attached hydrogens (primary N) is 2. The lowest BCUT2D eigenvalue weighted by molar-refractivity contribution is -0.141. The lowest BCUT2D eigenvalue weighted by atomic mass is 10.1. The van der Waals surface area contributed by atoms with Crippen LogP contribution in [0.15, 0.2) is 0 Å². The third kappa shape index (κ3) is 8.64. The number of carbonyl (C=O) groups excluding carboxylic acids is 4. The fourth-order valence-electron chi connectivity index (χ4n) is 1.68. The highest BCUT2D eigenvalue weighted by Gasteiger charge is 2.28. The minimum atomic E-state index is -1.45. The van der Waals surface area contributed by atoms with Gasteiger partial charge in [-0.3, -0.25) is 19.2 Å². The highest BCUT2D eigenvalue weighted by Crippen LogP contribution is 1.96. The van der Waals surface area contributed by atoms with E-state index in [4.69, 9.17) is 16.6 Å². The Morgan fingerprint density at radius 1 is 1.12 bits per heavy atom. The fourth-order valence-corrected chi connectivity index (χ4v) is 1.93. The van der Waals surface area contributed by atoms with Gasteiger partial charge in [0.2, 0.25) is 23.6 Å². The van der Waals surface area contributed by atoms with Crippen molar-refractivity contribution in [2.24, 2.45) is 11.5 Å². The van der Waals surface area contributed by atoms with Gasteiger partial charge in [0.15, 0.2) is 0 Å². The molecule has 26 heavy (non-hydrogen) atoms. The number of rotatable bonds is 11. The quantitative estimate of drug-likeness (QED) is 0.160. The van der Waals surface area contributed by atoms with Crippen molar-refractivity contribution < 1.29 is 34.2 Å². The Kier molecular flexibility index (Phi) is 10.2. The van der Waals surface area contributed by atoms with E-state index in [1.807, 2.05) is 0 Å². The SMILES string of the molecule is CC(O)C(NC(=O)C(N)CC(N)=O)C(=O)NCC(=O)NC(CS)C(=O)O. The first-order valence-electron chi connectivity index (χ1n) is 7.42. The average Bonchev–Trinajstić information content (AvgIpc) is 2.53. The van der Waals surface area contributed by atoms with E-state index >= 15 is 0 Å². The number of aliphatic carboxylic acids is 1. The summed E-state index contributed by atoms with van der Waals surface area (Å²) < 4.78 is 0. The normalized spacial score (nSPS) is 15.1. The number of primary amides is 1. The number of carboxylic acid groups (broad SMARTS) is 1. The minimum Gasteiger partial charge on any atom is -0.480 e. The summed E-state index contributed by atoms with van der Waals surface area (Å²) in [4.78, 5) is 57.0. The van der Waals surface area contributed by atoms with Crippen molar-refractivity contribution in [3.63, 3.8) is 0 Å². The van der Waals surface area contributed by atoms with Crippen LogP contribution in [0, 0.1) is 0 Å². The summed E-state index contributed by atoms with van der Waals surface area (Å²) in [6, 6.07) is -3.99. The number of nitrogens with one attached hydrogen (secondary N) is 3. The van der Waals surface area contributed by atoms with E-state index in [0.717, 1.165) is 0 Å². The van der Waals surface area contributed by atoms with Gasteiger partial charge in [-0.25, -0.2) is 4.79 Å². The number of amides is 4. The Labute approximate surface area is 154 Å². The summed E-state index contributed by atoms with van der Waals surface area (Å²) in [5.74, 6) is -4.88. The summed E-state index contributed by atoms with van der Waals surface area (Å²) in [5, 5.41) is 24.8. The van der Waals surface area contributed by atoms with Gasteiger partial charge in [-0.2, -0.15) is 12.6 Å². The Balaban J connectivity index is 4.69. The molecule has 0 aromatic rings. The van der Waals surface area contributed by atoms with E-state index in [9.17, 15) is 29.1 Å². The first-order valence-corrected chi connectivity index (χ1v) is 8.05. The molecule has 0 aliphatic rings. The zero-order chi connectivity index (χ0) is 20.4. The van der Waals surface area contributed by atoms with Gasteiger partial charge in [0.25, 0.3) is 0 Å². The van der Waals surface area contributed by atoms with E-state index in [1.54, 1.807) is 0 Å². The van der Waals surface area contributed by atoms with Gasteiger partial charge >= 0.3 is 5.97 Å². The molecule has 0 fully saturated rings. The molecule has 12 nitrogen and oxygen atoms in total.